The van der Waals surface area contributed by atoms with E-state index in [0.29, 0.717) is 5.69 Å². The van der Waals surface area contributed by atoms with Gasteiger partial charge in [-0.25, -0.2) is 0 Å². The Bertz CT molecular complexity index is 1310. The molecule has 8 nitrogen and oxygen atoms in total. The van der Waals surface area contributed by atoms with Crippen LogP contribution in [0.3, 0.4) is 0 Å². The second-order valence-electron chi connectivity index (χ2n) is 8.17. The molecule has 0 saturated carbocycles. The monoisotopic (exact) mass is 528 g/mol. The first kappa shape index (κ1) is 27.4. The maximum Gasteiger partial charge on any atom is 0.297 e. The van der Waals surface area contributed by atoms with Gasteiger partial charge in [0, 0.05) is 18.8 Å². The van der Waals surface area contributed by atoms with Crippen LogP contribution < -0.4 is 4.90 Å². The Balaban J connectivity index is 1.68. The Labute approximate surface area is 213 Å². The Morgan fingerprint density at radius 3 is 1.50 bits per heavy atom. The van der Waals surface area contributed by atoms with Gasteiger partial charge in [-0.05, 0) is 55.8 Å². The van der Waals surface area contributed by atoms with E-state index in [4.69, 9.17) is 13.6 Å². The molecular formula is C26H28N2O6S2. The zero-order valence-corrected chi connectivity index (χ0v) is 21.8. The van der Waals surface area contributed by atoms with Gasteiger partial charge >= 0.3 is 0 Å². The molecule has 3 aromatic carbocycles. The average Bonchev–Trinajstić information content (AvgIpc) is 2.84. The second-order valence-corrected chi connectivity index (χ2v) is 11.4. The lowest BCUT2D eigenvalue weighted by Crippen LogP contribution is -2.32. The van der Waals surface area contributed by atoms with Gasteiger partial charge in [0.05, 0.1) is 35.5 Å². The molecule has 0 aromatic heterocycles. The van der Waals surface area contributed by atoms with Gasteiger partial charge in [-0.1, -0.05) is 47.5 Å². The summed E-state index contributed by atoms with van der Waals surface area (Å²) in [5.41, 5.74) is 3.41. The molecule has 0 radical (unpaired) electrons. The molecule has 0 atom stereocenters. The van der Waals surface area contributed by atoms with E-state index in [1.165, 1.54) is 24.3 Å². The minimum Gasteiger partial charge on any atom is -0.367 e. The third-order valence-electron chi connectivity index (χ3n) is 5.40. The van der Waals surface area contributed by atoms with Crippen LogP contribution in [0.2, 0.25) is 0 Å². The molecule has 3 rings (SSSR count). The first-order valence-electron chi connectivity index (χ1n) is 11.2. The molecule has 0 amide bonds. The van der Waals surface area contributed by atoms with Crippen molar-refractivity contribution in [3.8, 4) is 6.07 Å². The molecule has 0 spiro atoms. The summed E-state index contributed by atoms with van der Waals surface area (Å²) in [6.45, 7) is 3.74. The number of benzene rings is 3. The van der Waals surface area contributed by atoms with Crippen LogP contribution in [0.25, 0.3) is 0 Å². The number of anilines is 1. The molecule has 10 heteroatoms. The molecule has 3 aromatic rings. The Hall–Kier alpha value is -3.23. The van der Waals surface area contributed by atoms with Gasteiger partial charge in [0.25, 0.3) is 20.2 Å². The van der Waals surface area contributed by atoms with Crippen LogP contribution in [0.1, 0.15) is 16.7 Å². The van der Waals surface area contributed by atoms with Crippen molar-refractivity contribution in [3.63, 3.8) is 0 Å². The fraction of sp³-hybridized carbons (Fsp3) is 0.269. The first-order chi connectivity index (χ1) is 17.1. The molecule has 36 heavy (non-hydrogen) atoms. The van der Waals surface area contributed by atoms with Crippen molar-refractivity contribution >= 4 is 25.9 Å². The molecule has 0 aliphatic rings. The lowest BCUT2D eigenvalue weighted by Gasteiger charge is -2.24. The van der Waals surface area contributed by atoms with Crippen molar-refractivity contribution in [1.82, 2.24) is 0 Å². The SMILES string of the molecule is Cc1ccc(S(=O)(=O)OCCN(CCOS(=O)(=O)c2ccc(C)cc2)c2ccc(CC#N)cc2)cc1. The molecule has 0 aliphatic heterocycles. The van der Waals surface area contributed by atoms with E-state index in [0.717, 1.165) is 16.7 Å². The predicted octanol–water partition coefficient (Wildman–Crippen LogP) is 3.99. The lowest BCUT2D eigenvalue weighted by molar-refractivity contribution is 0.306. The summed E-state index contributed by atoms with van der Waals surface area (Å²) in [7, 11) is -7.88. The minimum absolute atomic E-state index is 0.0630. The number of hydrogen-bond acceptors (Lipinski definition) is 8. The third-order valence-corrected chi connectivity index (χ3v) is 8.06. The number of rotatable bonds is 12. The first-order valence-corrected chi connectivity index (χ1v) is 14.1. The van der Waals surface area contributed by atoms with Gasteiger partial charge in [-0.15, -0.1) is 0 Å². The Kier molecular flexibility index (Phi) is 9.23. The van der Waals surface area contributed by atoms with E-state index in [1.807, 2.05) is 13.8 Å². The van der Waals surface area contributed by atoms with E-state index >= 15 is 0 Å². The number of nitriles is 1. The Morgan fingerprint density at radius 1 is 0.694 bits per heavy atom. The normalized spacial score (nSPS) is 11.7. The molecule has 0 N–H and O–H groups in total. The lowest BCUT2D eigenvalue weighted by atomic mass is 10.1. The van der Waals surface area contributed by atoms with Crippen LogP contribution in [-0.4, -0.2) is 43.1 Å². The summed E-state index contributed by atoms with van der Waals surface area (Å²) in [5.74, 6) is 0. The molecule has 0 fully saturated rings. The van der Waals surface area contributed by atoms with Gasteiger partial charge in [0.15, 0.2) is 0 Å². The zero-order valence-electron chi connectivity index (χ0n) is 20.1. The van der Waals surface area contributed by atoms with Crippen molar-refractivity contribution in [1.29, 1.82) is 5.26 Å². The zero-order chi connectivity index (χ0) is 26.2. The Morgan fingerprint density at radius 2 is 1.11 bits per heavy atom. The molecule has 0 heterocycles. The average molecular weight is 529 g/mol. The fourth-order valence-electron chi connectivity index (χ4n) is 3.35. The van der Waals surface area contributed by atoms with E-state index in [9.17, 15) is 16.8 Å². The highest BCUT2D eigenvalue weighted by Crippen LogP contribution is 2.18. The third kappa shape index (κ3) is 7.63. The van der Waals surface area contributed by atoms with Crippen LogP contribution in [0, 0.1) is 25.2 Å². The smallest absolute Gasteiger partial charge is 0.297 e. The van der Waals surface area contributed by atoms with Gasteiger partial charge in [-0.3, -0.25) is 8.37 Å². The van der Waals surface area contributed by atoms with Gasteiger partial charge in [-0.2, -0.15) is 22.1 Å². The predicted molar refractivity (Wildman–Crippen MR) is 137 cm³/mol. The summed E-state index contributed by atoms with van der Waals surface area (Å²) < 4.78 is 60.6. The van der Waals surface area contributed by atoms with Gasteiger partial charge < -0.3 is 4.90 Å². The van der Waals surface area contributed by atoms with Gasteiger partial charge in [0.1, 0.15) is 0 Å². The van der Waals surface area contributed by atoms with Crippen LogP contribution in [-0.2, 0) is 35.0 Å². The van der Waals surface area contributed by atoms with Crippen molar-refractivity contribution in [2.24, 2.45) is 0 Å². The maximum atomic E-state index is 12.5. The van der Waals surface area contributed by atoms with Crippen LogP contribution >= 0.6 is 0 Å². The highest BCUT2D eigenvalue weighted by Gasteiger charge is 2.18. The van der Waals surface area contributed by atoms with Crippen molar-refractivity contribution in [3.05, 3.63) is 89.5 Å². The van der Waals surface area contributed by atoms with E-state index in [2.05, 4.69) is 6.07 Å². The number of aryl methyl sites for hydroxylation is 2. The second kappa shape index (κ2) is 12.1. The molecular weight excluding hydrogens is 500 g/mol. The summed E-state index contributed by atoms with van der Waals surface area (Å²) in [5, 5.41) is 8.89. The molecule has 190 valence electrons. The van der Waals surface area contributed by atoms with Crippen LogP contribution in [0.4, 0.5) is 5.69 Å². The topological polar surface area (TPSA) is 114 Å². The van der Waals surface area contributed by atoms with Gasteiger partial charge in [0.2, 0.25) is 0 Å². The highest BCUT2D eigenvalue weighted by molar-refractivity contribution is 7.87. The van der Waals surface area contributed by atoms with Crippen molar-refractivity contribution in [2.45, 2.75) is 30.1 Å². The molecule has 0 bridgehead atoms. The standard InChI is InChI=1S/C26H28N2O6S2/c1-21-3-11-25(12-4-21)35(29,30)33-19-17-28(24-9-7-23(8-10-24)15-16-27)18-20-34-36(31,32)26-13-5-22(2)6-14-26/h3-14H,15,17-20H2,1-2H3. The summed E-state index contributed by atoms with van der Waals surface area (Å²) in [4.78, 5) is 1.90. The molecule has 0 unspecified atom stereocenters. The summed E-state index contributed by atoms with van der Waals surface area (Å²) in [6.07, 6.45) is 0.260. The summed E-state index contributed by atoms with van der Waals surface area (Å²) >= 11 is 0. The summed E-state index contributed by atoms with van der Waals surface area (Å²) in [6, 6.07) is 22.0. The van der Waals surface area contributed by atoms with Crippen LogP contribution in [0.5, 0.6) is 0 Å². The molecule has 0 aliphatic carbocycles. The minimum atomic E-state index is -3.94. The highest BCUT2D eigenvalue weighted by atomic mass is 32.2. The molecule has 0 saturated heterocycles. The van der Waals surface area contributed by atoms with Crippen molar-refractivity contribution in [2.75, 3.05) is 31.2 Å². The van der Waals surface area contributed by atoms with E-state index in [-0.39, 0.29) is 42.5 Å². The van der Waals surface area contributed by atoms with E-state index < -0.39 is 20.2 Å². The maximum absolute atomic E-state index is 12.5. The number of nitrogens with zero attached hydrogens (tertiary/aromatic N) is 2. The quantitative estimate of drug-likeness (QED) is 0.324. The number of hydrogen-bond donors (Lipinski definition) is 0. The van der Waals surface area contributed by atoms with Crippen LogP contribution in [0.15, 0.2) is 82.6 Å². The largest absolute Gasteiger partial charge is 0.367 e. The fourth-order valence-corrected chi connectivity index (χ4v) is 5.15. The van der Waals surface area contributed by atoms with E-state index in [1.54, 1.807) is 53.4 Å². The van der Waals surface area contributed by atoms with Crippen molar-refractivity contribution < 1.29 is 25.2 Å².